The minimum absolute atomic E-state index is 0.0697. The summed E-state index contributed by atoms with van der Waals surface area (Å²) in [6, 6.07) is -0.173. The van der Waals surface area contributed by atoms with E-state index in [1.807, 2.05) is 6.92 Å². The number of hydrogen-bond acceptors (Lipinski definition) is 7. The van der Waals surface area contributed by atoms with E-state index in [9.17, 15) is 22.8 Å². The van der Waals surface area contributed by atoms with Crippen molar-refractivity contribution in [1.82, 2.24) is 10.6 Å². The first-order valence-electron chi connectivity index (χ1n) is 11.8. The Hall–Kier alpha value is -1.79. The van der Waals surface area contributed by atoms with Gasteiger partial charge < -0.3 is 34.7 Å². The number of nitrogens with one attached hydrogen (secondary N) is 2. The van der Waals surface area contributed by atoms with Crippen LogP contribution in [-0.4, -0.2) is 82.3 Å². The van der Waals surface area contributed by atoms with Gasteiger partial charge in [0, 0.05) is 24.6 Å². The van der Waals surface area contributed by atoms with Crippen LogP contribution in [0.5, 0.6) is 0 Å². The van der Waals surface area contributed by atoms with Crippen LogP contribution >= 0.6 is 0 Å². The maximum atomic E-state index is 12.4. The van der Waals surface area contributed by atoms with Gasteiger partial charge in [0.15, 0.2) is 0 Å². The van der Waals surface area contributed by atoms with Crippen LogP contribution in [0.4, 0.5) is 22.8 Å². The number of aliphatic hydroxyl groups is 1. The summed E-state index contributed by atoms with van der Waals surface area (Å²) in [7, 11) is 0. The largest absolute Gasteiger partial charge is 0.449 e. The zero-order chi connectivity index (χ0) is 26.8. The lowest BCUT2D eigenvalue weighted by molar-refractivity contribution is -0.184. The summed E-state index contributed by atoms with van der Waals surface area (Å²) in [4.78, 5) is 24.3. The predicted molar refractivity (Wildman–Crippen MR) is 122 cm³/mol. The van der Waals surface area contributed by atoms with Gasteiger partial charge in [0.2, 0.25) is 0 Å². The van der Waals surface area contributed by atoms with Gasteiger partial charge in [0.25, 0.3) is 0 Å². The van der Waals surface area contributed by atoms with E-state index in [1.54, 1.807) is 13.8 Å². The third kappa shape index (κ3) is 13.2. The van der Waals surface area contributed by atoms with Crippen molar-refractivity contribution in [1.29, 1.82) is 0 Å². The van der Waals surface area contributed by atoms with Crippen molar-refractivity contribution in [3.8, 4) is 0 Å². The number of halogens is 3. The minimum atomic E-state index is -4.45. The molecule has 1 fully saturated rings. The highest BCUT2D eigenvalue weighted by atomic mass is 19.4. The van der Waals surface area contributed by atoms with Crippen LogP contribution in [-0.2, 0) is 18.9 Å². The third-order valence-corrected chi connectivity index (χ3v) is 5.67. The summed E-state index contributed by atoms with van der Waals surface area (Å²) in [5, 5.41) is 14.4. The van der Waals surface area contributed by atoms with E-state index in [0.29, 0.717) is 13.0 Å². The molecule has 1 aliphatic carbocycles. The number of ether oxygens (including phenoxy) is 4. The van der Waals surface area contributed by atoms with Crippen molar-refractivity contribution in [3.05, 3.63) is 0 Å². The molecule has 0 saturated heterocycles. The Morgan fingerprint density at radius 3 is 2.26 bits per heavy atom. The highest BCUT2D eigenvalue weighted by molar-refractivity contribution is 5.68. The highest BCUT2D eigenvalue weighted by Gasteiger charge is 2.42. The lowest BCUT2D eigenvalue weighted by atomic mass is 9.62. The molecule has 35 heavy (non-hydrogen) atoms. The van der Waals surface area contributed by atoms with Gasteiger partial charge in [-0.1, -0.05) is 27.7 Å². The molecule has 9 nitrogen and oxygen atoms in total. The number of alkyl carbamates (subject to hydrolysis) is 2. The molecule has 206 valence electrons. The molecule has 1 saturated carbocycles. The smallest absolute Gasteiger partial charge is 0.411 e. The molecule has 0 heterocycles. The van der Waals surface area contributed by atoms with Crippen molar-refractivity contribution in [2.45, 2.75) is 66.1 Å². The molecule has 2 amide bonds. The summed E-state index contributed by atoms with van der Waals surface area (Å²) in [5.74, 6) is 0. The van der Waals surface area contributed by atoms with Gasteiger partial charge in [-0.05, 0) is 37.0 Å². The Morgan fingerprint density at radius 2 is 1.66 bits per heavy atom. The summed E-state index contributed by atoms with van der Waals surface area (Å²) >= 11 is 0. The number of alkyl halides is 3. The molecule has 0 aliphatic heterocycles. The summed E-state index contributed by atoms with van der Waals surface area (Å²) < 4.78 is 57.6. The minimum Gasteiger partial charge on any atom is -0.449 e. The van der Waals surface area contributed by atoms with E-state index in [4.69, 9.17) is 24.1 Å². The fraction of sp³-hybridized carbons (Fsp3) is 0.913. The van der Waals surface area contributed by atoms with Crippen molar-refractivity contribution >= 4 is 12.2 Å². The third-order valence-electron chi connectivity index (χ3n) is 5.67. The molecular formula is C23H41F3N2O7. The monoisotopic (exact) mass is 514 g/mol. The van der Waals surface area contributed by atoms with Gasteiger partial charge in [-0.3, -0.25) is 0 Å². The van der Waals surface area contributed by atoms with Gasteiger partial charge in [0.1, 0.15) is 19.8 Å². The van der Waals surface area contributed by atoms with E-state index in [-0.39, 0.29) is 56.5 Å². The van der Waals surface area contributed by atoms with Crippen LogP contribution in [0, 0.1) is 16.2 Å². The average Bonchev–Trinajstić information content (AvgIpc) is 2.71. The number of rotatable bonds is 13. The van der Waals surface area contributed by atoms with Crippen molar-refractivity contribution in [2.75, 3.05) is 52.8 Å². The van der Waals surface area contributed by atoms with Crippen LogP contribution in [0.3, 0.4) is 0 Å². The highest BCUT2D eigenvalue weighted by Crippen LogP contribution is 2.45. The van der Waals surface area contributed by atoms with Crippen LogP contribution in [0.2, 0.25) is 0 Å². The Kier molecular flexibility index (Phi) is 12.0. The molecule has 1 aliphatic rings. The van der Waals surface area contributed by atoms with Gasteiger partial charge in [0.05, 0.1) is 19.8 Å². The van der Waals surface area contributed by atoms with Crippen LogP contribution in [0.1, 0.15) is 53.9 Å². The molecule has 0 spiro atoms. The van der Waals surface area contributed by atoms with Gasteiger partial charge in [-0.15, -0.1) is 0 Å². The second-order valence-corrected chi connectivity index (χ2v) is 10.7. The number of carbonyl (C=O) groups is 2. The molecule has 3 atom stereocenters. The van der Waals surface area contributed by atoms with Crippen LogP contribution in [0.25, 0.3) is 0 Å². The number of amides is 2. The Bertz CT molecular complexity index is 678. The predicted octanol–water partition coefficient (Wildman–Crippen LogP) is 3.64. The quantitative estimate of drug-likeness (QED) is 0.344. The van der Waals surface area contributed by atoms with Crippen LogP contribution in [0.15, 0.2) is 0 Å². The maximum absolute atomic E-state index is 12.4. The molecule has 12 heteroatoms. The van der Waals surface area contributed by atoms with Gasteiger partial charge in [-0.2, -0.15) is 13.2 Å². The normalized spacial score (nSPS) is 23.7. The number of aliphatic hydroxyl groups excluding tert-OH is 1. The maximum Gasteiger partial charge on any atom is 0.411 e. The molecule has 3 N–H and O–H groups in total. The second-order valence-electron chi connectivity index (χ2n) is 10.7. The first-order valence-corrected chi connectivity index (χ1v) is 11.8. The zero-order valence-electron chi connectivity index (χ0n) is 21.4. The molecule has 0 radical (unpaired) electrons. The van der Waals surface area contributed by atoms with E-state index in [2.05, 4.69) is 24.5 Å². The van der Waals surface area contributed by atoms with E-state index in [1.165, 1.54) is 0 Å². The Morgan fingerprint density at radius 1 is 1.00 bits per heavy atom. The first kappa shape index (κ1) is 31.2. The lowest BCUT2D eigenvalue weighted by Crippen LogP contribution is -2.50. The van der Waals surface area contributed by atoms with Crippen molar-refractivity contribution in [3.63, 3.8) is 0 Å². The summed E-state index contributed by atoms with van der Waals surface area (Å²) in [6.07, 6.45) is -3.63. The standard InChI is InChI=1S/C23H41F3N2O7/c1-6-32-13-22(5,14-33-16-23(24,25)26)15-35-18(30)27-12-21(4)10-17(9-20(2,3)11-21)28-19(31)34-8-7-29/h17,29H,6-16H2,1-5H3,(H,27,30)(H,28,31). The van der Waals surface area contributed by atoms with Gasteiger partial charge >= 0.3 is 18.4 Å². The van der Waals surface area contributed by atoms with Crippen LogP contribution < -0.4 is 10.6 Å². The molecule has 3 unspecified atom stereocenters. The molecule has 0 aromatic heterocycles. The summed E-state index contributed by atoms with van der Waals surface area (Å²) in [6.45, 7) is 8.06. The van der Waals surface area contributed by atoms with E-state index >= 15 is 0 Å². The molecule has 0 aromatic rings. The fourth-order valence-electron chi connectivity index (χ4n) is 4.68. The molecule has 0 bridgehead atoms. The van der Waals surface area contributed by atoms with E-state index in [0.717, 1.165) is 12.8 Å². The van der Waals surface area contributed by atoms with Gasteiger partial charge in [-0.25, -0.2) is 9.59 Å². The number of carbonyl (C=O) groups excluding carboxylic acids is 2. The fourth-order valence-corrected chi connectivity index (χ4v) is 4.68. The van der Waals surface area contributed by atoms with Crippen molar-refractivity contribution in [2.24, 2.45) is 16.2 Å². The topological polar surface area (TPSA) is 115 Å². The van der Waals surface area contributed by atoms with Crippen molar-refractivity contribution < 1.29 is 46.8 Å². The second kappa shape index (κ2) is 13.5. The average molecular weight is 515 g/mol. The Labute approximate surface area is 205 Å². The molecule has 0 aromatic carbocycles. The first-order chi connectivity index (χ1) is 16.1. The molecular weight excluding hydrogens is 473 g/mol. The van der Waals surface area contributed by atoms with E-state index < -0.39 is 30.4 Å². The Balaban J connectivity index is 2.63. The lowest BCUT2D eigenvalue weighted by Gasteiger charge is -2.46. The zero-order valence-corrected chi connectivity index (χ0v) is 21.4. The number of hydrogen-bond donors (Lipinski definition) is 3. The summed E-state index contributed by atoms with van der Waals surface area (Å²) in [5.41, 5.74) is -1.40. The SMILES string of the molecule is CCOCC(C)(COCC(F)(F)F)COC(=O)NCC1(C)CC(NC(=O)OCCO)CC(C)(C)C1. The molecule has 1 rings (SSSR count).